The van der Waals surface area contributed by atoms with Crippen LogP contribution >= 0.6 is 0 Å². The molecule has 0 atom stereocenters. The lowest BCUT2D eigenvalue weighted by molar-refractivity contribution is -0.139. The molecule has 0 aliphatic carbocycles. The summed E-state index contributed by atoms with van der Waals surface area (Å²) >= 11 is 0. The fourth-order valence-electron chi connectivity index (χ4n) is 2.75. The Morgan fingerprint density at radius 2 is 1.86 bits per heavy atom. The van der Waals surface area contributed by atoms with Crippen LogP contribution in [0.25, 0.3) is 0 Å². The highest BCUT2D eigenvalue weighted by molar-refractivity contribution is 5.94. The highest BCUT2D eigenvalue weighted by Crippen LogP contribution is 2.28. The summed E-state index contributed by atoms with van der Waals surface area (Å²) in [4.78, 5) is 36.4. The van der Waals surface area contributed by atoms with Crippen molar-refractivity contribution < 1.29 is 19.5 Å². The molecule has 1 rings (SSSR count). The molecule has 1 saturated heterocycles. The average Bonchev–Trinajstić information content (AvgIpc) is 2.24. The molecule has 21 heavy (non-hydrogen) atoms. The molecule has 1 fully saturated rings. The third kappa shape index (κ3) is 6.14. The van der Waals surface area contributed by atoms with Crippen molar-refractivity contribution in [1.29, 1.82) is 0 Å². The van der Waals surface area contributed by atoms with Gasteiger partial charge in [0.15, 0.2) is 0 Å². The van der Waals surface area contributed by atoms with E-state index in [1.165, 1.54) is 0 Å². The van der Waals surface area contributed by atoms with Gasteiger partial charge in [-0.2, -0.15) is 0 Å². The fraction of sp³-hybridized carbons (Fsp3) is 0.800. The highest BCUT2D eigenvalue weighted by atomic mass is 16.4. The number of likely N-dealkylation sites (tertiary alicyclic amines) is 1. The molecule has 120 valence electrons. The molecule has 0 aromatic rings. The summed E-state index contributed by atoms with van der Waals surface area (Å²) < 4.78 is 0. The molecule has 1 aliphatic rings. The van der Waals surface area contributed by atoms with Gasteiger partial charge >= 0.3 is 12.0 Å². The van der Waals surface area contributed by atoms with E-state index < -0.39 is 17.3 Å². The Morgan fingerprint density at radius 3 is 2.38 bits per heavy atom. The van der Waals surface area contributed by atoms with Crippen molar-refractivity contribution in [2.45, 2.75) is 53.4 Å². The molecule has 0 saturated carbocycles. The summed E-state index contributed by atoms with van der Waals surface area (Å²) in [5.74, 6) is -1.37. The van der Waals surface area contributed by atoms with Gasteiger partial charge in [-0.15, -0.1) is 0 Å². The topological polar surface area (TPSA) is 86.7 Å². The number of nitrogens with zero attached hydrogens (tertiary/aromatic N) is 1. The van der Waals surface area contributed by atoms with Crippen LogP contribution < -0.4 is 5.32 Å². The van der Waals surface area contributed by atoms with Gasteiger partial charge in [-0.1, -0.05) is 27.7 Å². The van der Waals surface area contributed by atoms with E-state index in [-0.39, 0.29) is 24.3 Å². The number of nitrogens with one attached hydrogen (secondary N) is 1. The number of amides is 3. The molecule has 1 aliphatic heterocycles. The van der Waals surface area contributed by atoms with Crippen molar-refractivity contribution in [2.24, 2.45) is 10.8 Å². The number of piperidine rings is 1. The van der Waals surface area contributed by atoms with Crippen LogP contribution in [0, 0.1) is 10.8 Å². The van der Waals surface area contributed by atoms with E-state index in [1.54, 1.807) is 18.7 Å². The van der Waals surface area contributed by atoms with E-state index in [2.05, 4.69) is 19.2 Å². The van der Waals surface area contributed by atoms with E-state index in [4.69, 9.17) is 5.11 Å². The second kappa shape index (κ2) is 6.45. The van der Waals surface area contributed by atoms with Crippen LogP contribution in [0.1, 0.15) is 53.4 Å². The van der Waals surface area contributed by atoms with Crippen LogP contribution in [-0.2, 0) is 9.59 Å². The molecule has 1 heterocycles. The van der Waals surface area contributed by atoms with Crippen LogP contribution in [-0.4, -0.2) is 41.0 Å². The first-order valence-corrected chi connectivity index (χ1v) is 7.31. The number of hydrogen-bond donors (Lipinski definition) is 2. The number of carboxylic acids is 1. The molecule has 6 nitrogen and oxygen atoms in total. The zero-order valence-corrected chi connectivity index (χ0v) is 13.4. The summed E-state index contributed by atoms with van der Waals surface area (Å²) in [6.07, 6.45) is 1.91. The van der Waals surface area contributed by atoms with Gasteiger partial charge in [0.2, 0.25) is 5.91 Å². The SMILES string of the molecule is CC(C)(CC(=O)O)CC(=O)NC(=O)N1CCCC(C)(C)C1. The lowest BCUT2D eigenvalue weighted by Gasteiger charge is -2.37. The molecule has 0 radical (unpaired) electrons. The van der Waals surface area contributed by atoms with Crippen molar-refractivity contribution in [3.8, 4) is 0 Å². The monoisotopic (exact) mass is 298 g/mol. The Balaban J connectivity index is 2.51. The Hall–Kier alpha value is -1.59. The van der Waals surface area contributed by atoms with Crippen molar-refractivity contribution in [2.75, 3.05) is 13.1 Å². The quantitative estimate of drug-likeness (QED) is 0.833. The average molecular weight is 298 g/mol. The first-order valence-electron chi connectivity index (χ1n) is 7.31. The van der Waals surface area contributed by atoms with Gasteiger partial charge in [-0.25, -0.2) is 4.79 Å². The van der Waals surface area contributed by atoms with E-state index >= 15 is 0 Å². The Labute approximate surface area is 125 Å². The number of rotatable bonds is 4. The number of carboxylic acid groups (broad SMARTS) is 1. The molecular weight excluding hydrogens is 272 g/mol. The maximum absolute atomic E-state index is 12.1. The van der Waals surface area contributed by atoms with Crippen molar-refractivity contribution >= 4 is 17.9 Å². The second-order valence-corrected chi connectivity index (χ2v) is 7.45. The van der Waals surface area contributed by atoms with Gasteiger partial charge < -0.3 is 10.0 Å². The van der Waals surface area contributed by atoms with Crippen LogP contribution in [0.2, 0.25) is 0 Å². The summed E-state index contributed by atoms with van der Waals surface area (Å²) in [5.41, 5.74) is -0.599. The number of carbonyl (C=O) groups excluding carboxylic acids is 2. The van der Waals surface area contributed by atoms with Crippen LogP contribution in [0.15, 0.2) is 0 Å². The number of urea groups is 1. The summed E-state index contributed by atoms with van der Waals surface area (Å²) in [6, 6.07) is -0.376. The maximum Gasteiger partial charge on any atom is 0.324 e. The van der Waals surface area contributed by atoms with E-state index in [0.29, 0.717) is 13.1 Å². The van der Waals surface area contributed by atoms with E-state index in [9.17, 15) is 14.4 Å². The number of imide groups is 1. The van der Waals surface area contributed by atoms with Crippen molar-refractivity contribution in [3.05, 3.63) is 0 Å². The van der Waals surface area contributed by atoms with Gasteiger partial charge in [-0.05, 0) is 23.7 Å². The molecular formula is C15H26N2O4. The minimum absolute atomic E-state index is 0.0161. The highest BCUT2D eigenvalue weighted by Gasteiger charge is 2.31. The summed E-state index contributed by atoms with van der Waals surface area (Å²) in [5, 5.41) is 11.2. The minimum Gasteiger partial charge on any atom is -0.481 e. The largest absolute Gasteiger partial charge is 0.481 e. The van der Waals surface area contributed by atoms with Gasteiger partial charge in [0.1, 0.15) is 0 Å². The zero-order chi connectivity index (χ0) is 16.3. The lowest BCUT2D eigenvalue weighted by atomic mass is 9.84. The fourth-order valence-corrected chi connectivity index (χ4v) is 2.75. The first-order chi connectivity index (χ1) is 9.51. The molecule has 6 heteroatoms. The van der Waals surface area contributed by atoms with E-state index in [0.717, 1.165) is 12.8 Å². The predicted octanol–water partition coefficient (Wildman–Crippen LogP) is 2.24. The molecule has 2 N–H and O–H groups in total. The summed E-state index contributed by atoms with van der Waals surface area (Å²) in [7, 11) is 0. The van der Waals surface area contributed by atoms with Crippen molar-refractivity contribution in [3.63, 3.8) is 0 Å². The summed E-state index contributed by atoms with van der Waals surface area (Å²) in [6.45, 7) is 8.89. The third-order valence-electron chi connectivity index (χ3n) is 3.70. The first kappa shape index (κ1) is 17.5. The van der Waals surface area contributed by atoms with E-state index in [1.807, 2.05) is 0 Å². The molecule has 0 aromatic carbocycles. The van der Waals surface area contributed by atoms with Gasteiger partial charge in [-0.3, -0.25) is 14.9 Å². The molecule has 0 aromatic heterocycles. The van der Waals surface area contributed by atoms with Crippen LogP contribution in [0.4, 0.5) is 4.79 Å². The normalized spacial score (nSPS) is 18.2. The Bertz CT molecular complexity index is 429. The minimum atomic E-state index is -0.947. The van der Waals surface area contributed by atoms with Gasteiger partial charge in [0.05, 0.1) is 6.42 Å². The molecule has 3 amide bonds. The van der Waals surface area contributed by atoms with Gasteiger partial charge in [0, 0.05) is 19.5 Å². The predicted molar refractivity (Wildman–Crippen MR) is 78.8 cm³/mol. The smallest absolute Gasteiger partial charge is 0.324 e. The van der Waals surface area contributed by atoms with Crippen LogP contribution in [0.3, 0.4) is 0 Å². The molecule has 0 unspecified atom stereocenters. The Kier molecular flexibility index (Phi) is 5.36. The number of hydrogen-bond acceptors (Lipinski definition) is 3. The van der Waals surface area contributed by atoms with Gasteiger partial charge in [0.25, 0.3) is 0 Å². The zero-order valence-electron chi connectivity index (χ0n) is 13.4. The molecule has 0 bridgehead atoms. The van der Waals surface area contributed by atoms with Crippen LogP contribution in [0.5, 0.6) is 0 Å². The lowest BCUT2D eigenvalue weighted by Crippen LogP contribution is -2.50. The third-order valence-corrected chi connectivity index (χ3v) is 3.70. The standard InChI is InChI=1S/C15H26N2O4/c1-14(2)6-5-7-17(10-14)13(21)16-11(18)8-15(3,4)9-12(19)20/h5-10H2,1-4H3,(H,19,20)(H,16,18,21). The maximum atomic E-state index is 12.1. The Morgan fingerprint density at radius 1 is 1.24 bits per heavy atom. The molecule has 0 spiro atoms. The number of aliphatic carboxylic acids is 1. The number of carbonyl (C=O) groups is 3. The van der Waals surface area contributed by atoms with Crippen molar-refractivity contribution in [1.82, 2.24) is 10.2 Å². The second-order valence-electron chi connectivity index (χ2n) is 7.45.